The Bertz CT molecular complexity index is 377. The van der Waals surface area contributed by atoms with Gasteiger partial charge in [0.25, 0.3) is 0 Å². The average molecular weight is 185 g/mol. The fraction of sp³-hybridized carbons (Fsp3) is 0.0909. The van der Waals surface area contributed by atoms with Gasteiger partial charge in [0.2, 0.25) is 0 Å². The summed E-state index contributed by atoms with van der Waals surface area (Å²) in [5.74, 6) is 1.74. The number of aliphatic imine (C=N–C) groups is 1. The lowest BCUT2D eigenvalue weighted by Crippen LogP contribution is -2.11. The van der Waals surface area contributed by atoms with Crippen molar-refractivity contribution in [1.82, 2.24) is 4.98 Å². The van der Waals surface area contributed by atoms with Gasteiger partial charge in [0.1, 0.15) is 11.7 Å². The molecule has 0 spiro atoms. The number of hydrogen-bond acceptors (Lipinski definition) is 3. The van der Waals surface area contributed by atoms with Crippen LogP contribution in [0.25, 0.3) is 0 Å². The molecule has 0 radical (unpaired) electrons. The number of anilines is 1. The predicted molar refractivity (Wildman–Crippen MR) is 58.2 cm³/mol. The van der Waals surface area contributed by atoms with E-state index in [4.69, 9.17) is 0 Å². The minimum absolute atomic E-state index is 0.809. The van der Waals surface area contributed by atoms with E-state index in [9.17, 15) is 0 Å². The number of aromatic nitrogens is 1. The zero-order chi connectivity index (χ0) is 9.64. The number of pyridine rings is 1. The lowest BCUT2D eigenvalue weighted by Gasteiger charge is -2.04. The van der Waals surface area contributed by atoms with Crippen LogP contribution in [0, 0.1) is 0 Å². The van der Waals surface area contributed by atoms with Crippen molar-refractivity contribution in [2.24, 2.45) is 4.99 Å². The molecule has 0 atom stereocenters. The van der Waals surface area contributed by atoms with Gasteiger partial charge in [-0.25, -0.2) is 9.98 Å². The lowest BCUT2D eigenvalue weighted by molar-refractivity contribution is 1.29. The quantitative estimate of drug-likeness (QED) is 0.729. The van der Waals surface area contributed by atoms with Crippen LogP contribution in [0.2, 0.25) is 0 Å². The van der Waals surface area contributed by atoms with Crippen molar-refractivity contribution < 1.29 is 0 Å². The molecule has 3 heteroatoms. The predicted octanol–water partition coefficient (Wildman–Crippen LogP) is 2.37. The van der Waals surface area contributed by atoms with Crippen LogP contribution in [0.15, 0.2) is 53.8 Å². The number of rotatable bonds is 1. The molecular formula is C11H11N3. The van der Waals surface area contributed by atoms with E-state index < -0.39 is 0 Å². The first-order valence-corrected chi connectivity index (χ1v) is 4.51. The molecule has 14 heavy (non-hydrogen) atoms. The molecule has 0 saturated carbocycles. The van der Waals surface area contributed by atoms with E-state index in [1.165, 1.54) is 0 Å². The second-order valence-corrected chi connectivity index (χ2v) is 2.89. The van der Waals surface area contributed by atoms with Gasteiger partial charge in [0, 0.05) is 18.8 Å². The van der Waals surface area contributed by atoms with Gasteiger partial charge in [-0.1, -0.05) is 18.2 Å². The van der Waals surface area contributed by atoms with Crippen LogP contribution in [0.3, 0.4) is 0 Å². The molecule has 70 valence electrons. The summed E-state index contributed by atoms with van der Waals surface area (Å²) >= 11 is 0. The number of allylic oxidation sites excluding steroid dienone is 2. The summed E-state index contributed by atoms with van der Waals surface area (Å²) in [5, 5.41) is 3.16. The summed E-state index contributed by atoms with van der Waals surface area (Å²) in [5.41, 5.74) is 0. The zero-order valence-corrected chi connectivity index (χ0v) is 7.72. The highest BCUT2D eigenvalue weighted by Crippen LogP contribution is 2.04. The van der Waals surface area contributed by atoms with Crippen molar-refractivity contribution in [3.8, 4) is 0 Å². The second kappa shape index (κ2) is 4.37. The Morgan fingerprint density at radius 1 is 1.21 bits per heavy atom. The Morgan fingerprint density at radius 3 is 3.07 bits per heavy atom. The number of nitrogens with zero attached hydrogens (tertiary/aromatic N) is 2. The zero-order valence-electron chi connectivity index (χ0n) is 7.72. The highest BCUT2D eigenvalue weighted by atomic mass is 15.0. The van der Waals surface area contributed by atoms with Gasteiger partial charge in [-0.15, -0.1) is 0 Å². The molecule has 1 aliphatic heterocycles. The SMILES string of the molecule is C1=CCC(Nc2ccccn2)=NC=C1. The first-order valence-electron chi connectivity index (χ1n) is 4.51. The minimum Gasteiger partial charge on any atom is -0.328 e. The monoisotopic (exact) mass is 185 g/mol. The van der Waals surface area contributed by atoms with E-state index in [1.807, 2.05) is 30.4 Å². The van der Waals surface area contributed by atoms with Crippen molar-refractivity contribution in [3.63, 3.8) is 0 Å². The second-order valence-electron chi connectivity index (χ2n) is 2.89. The standard InChI is InChI=1S/C11H11N3/c1-2-6-10(12-8-4-1)14-11-7-3-5-9-13-11/h1-5,7-9H,6H2,(H,12,13,14). The highest BCUT2D eigenvalue weighted by Gasteiger charge is 1.98. The van der Waals surface area contributed by atoms with E-state index in [1.54, 1.807) is 12.4 Å². The van der Waals surface area contributed by atoms with E-state index in [0.717, 1.165) is 18.1 Å². The first kappa shape index (κ1) is 8.69. The van der Waals surface area contributed by atoms with Crippen molar-refractivity contribution in [2.45, 2.75) is 6.42 Å². The van der Waals surface area contributed by atoms with Crippen LogP contribution in [-0.4, -0.2) is 10.8 Å². The maximum absolute atomic E-state index is 4.24. The third-order valence-corrected chi connectivity index (χ3v) is 1.81. The molecule has 3 nitrogen and oxygen atoms in total. The molecule has 1 aromatic rings. The Kier molecular flexibility index (Phi) is 2.71. The van der Waals surface area contributed by atoms with Gasteiger partial charge in [-0.3, -0.25) is 0 Å². The van der Waals surface area contributed by atoms with Gasteiger partial charge in [0.15, 0.2) is 0 Å². The molecule has 2 rings (SSSR count). The maximum Gasteiger partial charge on any atom is 0.131 e. The van der Waals surface area contributed by atoms with Crippen LogP contribution < -0.4 is 5.32 Å². The molecule has 0 fully saturated rings. The number of nitrogens with one attached hydrogen (secondary N) is 1. The minimum atomic E-state index is 0.809. The Labute approximate surface area is 82.9 Å². The fourth-order valence-electron chi connectivity index (χ4n) is 1.16. The van der Waals surface area contributed by atoms with Crippen molar-refractivity contribution in [3.05, 3.63) is 48.8 Å². The molecule has 0 aromatic carbocycles. The van der Waals surface area contributed by atoms with Gasteiger partial charge in [-0.2, -0.15) is 0 Å². The molecule has 0 aliphatic carbocycles. The normalized spacial score (nSPS) is 14.7. The molecule has 0 saturated heterocycles. The topological polar surface area (TPSA) is 37.3 Å². The first-order chi connectivity index (χ1) is 6.95. The van der Waals surface area contributed by atoms with Gasteiger partial charge in [-0.05, 0) is 18.2 Å². The molecule has 1 N–H and O–H groups in total. The third-order valence-electron chi connectivity index (χ3n) is 1.81. The van der Waals surface area contributed by atoms with Crippen LogP contribution in [-0.2, 0) is 0 Å². The van der Waals surface area contributed by atoms with Crippen molar-refractivity contribution >= 4 is 11.7 Å². The Morgan fingerprint density at radius 2 is 2.21 bits per heavy atom. The molecule has 0 bridgehead atoms. The largest absolute Gasteiger partial charge is 0.328 e. The van der Waals surface area contributed by atoms with E-state index in [-0.39, 0.29) is 0 Å². The Hall–Kier alpha value is -1.90. The van der Waals surface area contributed by atoms with Gasteiger partial charge < -0.3 is 5.32 Å². The van der Waals surface area contributed by atoms with Crippen molar-refractivity contribution in [1.29, 1.82) is 0 Å². The molecule has 0 unspecified atom stereocenters. The van der Waals surface area contributed by atoms with Crippen molar-refractivity contribution in [2.75, 3.05) is 5.32 Å². The molecular weight excluding hydrogens is 174 g/mol. The molecule has 0 amide bonds. The Balaban J connectivity index is 2.08. The molecule has 1 aliphatic rings. The maximum atomic E-state index is 4.24. The number of hydrogen-bond donors (Lipinski definition) is 1. The lowest BCUT2D eigenvalue weighted by atomic mass is 10.3. The summed E-state index contributed by atoms with van der Waals surface area (Å²) in [6.07, 6.45) is 10.3. The summed E-state index contributed by atoms with van der Waals surface area (Å²) < 4.78 is 0. The molecule has 1 aromatic heterocycles. The summed E-state index contributed by atoms with van der Waals surface area (Å²) in [4.78, 5) is 8.40. The van der Waals surface area contributed by atoms with E-state index >= 15 is 0 Å². The van der Waals surface area contributed by atoms with Crippen LogP contribution in [0.5, 0.6) is 0 Å². The van der Waals surface area contributed by atoms with E-state index in [2.05, 4.69) is 21.4 Å². The number of amidine groups is 1. The van der Waals surface area contributed by atoms with Crippen LogP contribution in [0.4, 0.5) is 5.82 Å². The summed E-state index contributed by atoms with van der Waals surface area (Å²) in [6.45, 7) is 0. The summed E-state index contributed by atoms with van der Waals surface area (Å²) in [6, 6.07) is 5.75. The van der Waals surface area contributed by atoms with Gasteiger partial charge in [0.05, 0.1) is 0 Å². The van der Waals surface area contributed by atoms with Crippen LogP contribution >= 0.6 is 0 Å². The van der Waals surface area contributed by atoms with E-state index in [0.29, 0.717) is 0 Å². The smallest absolute Gasteiger partial charge is 0.131 e. The highest BCUT2D eigenvalue weighted by molar-refractivity contribution is 5.96. The van der Waals surface area contributed by atoms with Gasteiger partial charge >= 0.3 is 0 Å². The molecule has 2 heterocycles. The fourth-order valence-corrected chi connectivity index (χ4v) is 1.16. The third kappa shape index (κ3) is 2.29. The van der Waals surface area contributed by atoms with Crippen LogP contribution in [0.1, 0.15) is 6.42 Å². The average Bonchev–Trinajstić information content (AvgIpc) is 2.48. The summed E-state index contributed by atoms with van der Waals surface area (Å²) in [7, 11) is 0.